The van der Waals surface area contributed by atoms with Crippen LogP contribution in [0.15, 0.2) is 0 Å². The van der Waals surface area contributed by atoms with Crippen molar-refractivity contribution >= 4 is 6.03 Å². The van der Waals surface area contributed by atoms with E-state index in [1.54, 1.807) is 0 Å². The van der Waals surface area contributed by atoms with E-state index >= 15 is 0 Å². The Labute approximate surface area is 122 Å². The zero-order valence-electron chi connectivity index (χ0n) is 12.3. The molecule has 0 spiro atoms. The SMILES string of the molecule is C#CCOCC1CCCN(C(=O)NC2CCCCC2)C1. The fourth-order valence-corrected chi connectivity index (χ4v) is 3.18. The highest BCUT2D eigenvalue weighted by molar-refractivity contribution is 5.74. The van der Waals surface area contributed by atoms with Crippen molar-refractivity contribution in [3.63, 3.8) is 0 Å². The number of hydrogen-bond donors (Lipinski definition) is 1. The summed E-state index contributed by atoms with van der Waals surface area (Å²) >= 11 is 0. The summed E-state index contributed by atoms with van der Waals surface area (Å²) in [6.45, 7) is 2.69. The molecule has 4 heteroatoms. The Morgan fingerprint density at radius 2 is 2.05 bits per heavy atom. The number of carbonyl (C=O) groups is 1. The molecule has 1 aliphatic carbocycles. The number of carbonyl (C=O) groups excluding carboxylic acids is 1. The second-order valence-electron chi connectivity index (χ2n) is 5.96. The van der Waals surface area contributed by atoms with E-state index in [9.17, 15) is 4.79 Å². The van der Waals surface area contributed by atoms with Gasteiger partial charge in [0.2, 0.25) is 0 Å². The van der Waals surface area contributed by atoms with Crippen LogP contribution >= 0.6 is 0 Å². The topological polar surface area (TPSA) is 41.6 Å². The average Bonchev–Trinajstić information content (AvgIpc) is 2.49. The summed E-state index contributed by atoms with van der Waals surface area (Å²) in [5.74, 6) is 2.91. The van der Waals surface area contributed by atoms with Gasteiger partial charge in [-0.3, -0.25) is 0 Å². The second kappa shape index (κ2) is 8.16. The van der Waals surface area contributed by atoms with Gasteiger partial charge < -0.3 is 15.0 Å². The van der Waals surface area contributed by atoms with Crippen molar-refractivity contribution in [2.45, 2.75) is 51.0 Å². The number of nitrogens with zero attached hydrogens (tertiary/aromatic N) is 1. The minimum Gasteiger partial charge on any atom is -0.368 e. The highest BCUT2D eigenvalue weighted by Crippen LogP contribution is 2.20. The first-order valence-corrected chi connectivity index (χ1v) is 7.86. The Bertz CT molecular complexity index is 345. The number of likely N-dealkylation sites (tertiary alicyclic amines) is 1. The molecule has 4 nitrogen and oxygen atoms in total. The zero-order chi connectivity index (χ0) is 14.2. The molecule has 0 aromatic carbocycles. The van der Waals surface area contributed by atoms with Crippen molar-refractivity contribution < 1.29 is 9.53 Å². The van der Waals surface area contributed by atoms with Gasteiger partial charge >= 0.3 is 6.03 Å². The van der Waals surface area contributed by atoms with Crippen LogP contribution in [-0.2, 0) is 4.74 Å². The molecule has 2 rings (SSSR count). The summed E-state index contributed by atoms with van der Waals surface area (Å²) in [7, 11) is 0. The fourth-order valence-electron chi connectivity index (χ4n) is 3.18. The van der Waals surface area contributed by atoms with Gasteiger partial charge in [0.1, 0.15) is 6.61 Å². The van der Waals surface area contributed by atoms with Crippen LogP contribution < -0.4 is 5.32 Å². The molecule has 1 atom stereocenters. The molecule has 1 aliphatic heterocycles. The van der Waals surface area contributed by atoms with Gasteiger partial charge in [0.15, 0.2) is 0 Å². The number of urea groups is 1. The number of rotatable bonds is 4. The van der Waals surface area contributed by atoms with E-state index in [0.717, 1.165) is 38.8 Å². The van der Waals surface area contributed by atoms with Crippen LogP contribution in [0.4, 0.5) is 4.79 Å². The van der Waals surface area contributed by atoms with Crippen LogP contribution in [0.5, 0.6) is 0 Å². The predicted octanol–water partition coefficient (Wildman–Crippen LogP) is 2.39. The lowest BCUT2D eigenvalue weighted by atomic mass is 9.95. The summed E-state index contributed by atoms with van der Waals surface area (Å²) in [5, 5.41) is 3.19. The van der Waals surface area contributed by atoms with Crippen LogP contribution in [-0.4, -0.2) is 43.3 Å². The lowest BCUT2D eigenvalue weighted by Gasteiger charge is -2.34. The van der Waals surface area contributed by atoms with Gasteiger partial charge in [-0.15, -0.1) is 6.42 Å². The van der Waals surface area contributed by atoms with Gasteiger partial charge in [0, 0.05) is 25.0 Å². The van der Waals surface area contributed by atoms with Crippen molar-refractivity contribution in [3.8, 4) is 12.3 Å². The van der Waals surface area contributed by atoms with Gasteiger partial charge in [-0.2, -0.15) is 0 Å². The van der Waals surface area contributed by atoms with E-state index in [2.05, 4.69) is 11.2 Å². The molecule has 0 bridgehead atoms. The molecule has 0 aromatic rings. The molecule has 1 unspecified atom stereocenters. The number of ether oxygens (including phenoxy) is 1. The van der Waals surface area contributed by atoms with Crippen molar-refractivity contribution in [2.24, 2.45) is 5.92 Å². The molecule has 20 heavy (non-hydrogen) atoms. The monoisotopic (exact) mass is 278 g/mol. The van der Waals surface area contributed by atoms with Gasteiger partial charge in [0.05, 0.1) is 6.61 Å². The quantitative estimate of drug-likeness (QED) is 0.634. The molecular weight excluding hydrogens is 252 g/mol. The van der Waals surface area contributed by atoms with Crippen molar-refractivity contribution in [1.29, 1.82) is 0 Å². The standard InChI is InChI=1S/C16H26N2O2/c1-2-11-20-13-14-7-6-10-18(12-14)16(19)17-15-8-4-3-5-9-15/h1,14-15H,3-13H2,(H,17,19). The Morgan fingerprint density at radius 1 is 1.25 bits per heavy atom. The van der Waals surface area contributed by atoms with Gasteiger partial charge in [-0.25, -0.2) is 4.79 Å². The molecule has 0 aromatic heterocycles. The molecule has 1 saturated heterocycles. The van der Waals surface area contributed by atoms with Gasteiger partial charge in [0.25, 0.3) is 0 Å². The molecule has 112 valence electrons. The number of nitrogens with one attached hydrogen (secondary N) is 1. The molecule has 0 radical (unpaired) electrons. The second-order valence-corrected chi connectivity index (χ2v) is 5.96. The average molecular weight is 278 g/mol. The Kier molecular flexibility index (Phi) is 6.20. The summed E-state index contributed by atoms with van der Waals surface area (Å²) in [6.07, 6.45) is 13.4. The van der Waals surface area contributed by atoms with E-state index in [4.69, 9.17) is 11.2 Å². The summed E-state index contributed by atoms with van der Waals surface area (Å²) in [6, 6.07) is 0.493. The van der Waals surface area contributed by atoms with Crippen LogP contribution in [0.3, 0.4) is 0 Å². The maximum Gasteiger partial charge on any atom is 0.317 e. The highest BCUT2D eigenvalue weighted by atomic mass is 16.5. The van der Waals surface area contributed by atoms with Gasteiger partial charge in [-0.05, 0) is 25.7 Å². The lowest BCUT2D eigenvalue weighted by molar-refractivity contribution is 0.0848. The number of hydrogen-bond acceptors (Lipinski definition) is 2. The first-order chi connectivity index (χ1) is 9.79. The van der Waals surface area contributed by atoms with Crippen LogP contribution in [0.2, 0.25) is 0 Å². The molecular formula is C16H26N2O2. The maximum atomic E-state index is 12.3. The summed E-state index contributed by atoms with van der Waals surface area (Å²) in [4.78, 5) is 14.2. The van der Waals surface area contributed by atoms with Crippen molar-refractivity contribution in [2.75, 3.05) is 26.3 Å². The van der Waals surface area contributed by atoms with Gasteiger partial charge in [-0.1, -0.05) is 25.2 Å². The number of piperidine rings is 1. The molecule has 1 heterocycles. The lowest BCUT2D eigenvalue weighted by Crippen LogP contribution is -2.49. The third kappa shape index (κ3) is 4.72. The first-order valence-electron chi connectivity index (χ1n) is 7.86. The molecule has 2 amide bonds. The van der Waals surface area contributed by atoms with Crippen molar-refractivity contribution in [1.82, 2.24) is 10.2 Å². The van der Waals surface area contributed by atoms with E-state index in [1.807, 2.05) is 4.90 Å². The molecule has 1 saturated carbocycles. The fraction of sp³-hybridized carbons (Fsp3) is 0.812. The minimum atomic E-state index is 0.110. The predicted molar refractivity (Wildman–Crippen MR) is 79.4 cm³/mol. The van der Waals surface area contributed by atoms with E-state index in [0.29, 0.717) is 25.2 Å². The van der Waals surface area contributed by atoms with E-state index in [-0.39, 0.29) is 6.03 Å². The molecule has 2 aliphatic rings. The number of amides is 2. The minimum absolute atomic E-state index is 0.110. The number of terminal acetylenes is 1. The van der Waals surface area contributed by atoms with E-state index < -0.39 is 0 Å². The first kappa shape index (κ1) is 15.2. The highest BCUT2D eigenvalue weighted by Gasteiger charge is 2.25. The Hall–Kier alpha value is -1.21. The smallest absolute Gasteiger partial charge is 0.317 e. The third-order valence-electron chi connectivity index (χ3n) is 4.28. The van der Waals surface area contributed by atoms with E-state index in [1.165, 1.54) is 19.3 Å². The Balaban J connectivity index is 1.73. The normalized spacial score (nSPS) is 24.1. The largest absolute Gasteiger partial charge is 0.368 e. The van der Waals surface area contributed by atoms with Crippen LogP contribution in [0.25, 0.3) is 0 Å². The maximum absolute atomic E-state index is 12.3. The Morgan fingerprint density at radius 3 is 2.80 bits per heavy atom. The van der Waals surface area contributed by atoms with Crippen LogP contribution in [0.1, 0.15) is 44.9 Å². The zero-order valence-corrected chi connectivity index (χ0v) is 12.3. The third-order valence-corrected chi connectivity index (χ3v) is 4.28. The molecule has 2 fully saturated rings. The van der Waals surface area contributed by atoms with Crippen LogP contribution in [0, 0.1) is 18.3 Å². The van der Waals surface area contributed by atoms with Crippen molar-refractivity contribution in [3.05, 3.63) is 0 Å². The molecule has 1 N–H and O–H groups in total. The summed E-state index contributed by atoms with van der Waals surface area (Å²) in [5.41, 5.74) is 0. The summed E-state index contributed by atoms with van der Waals surface area (Å²) < 4.78 is 5.41.